The molecule has 0 saturated heterocycles. The maximum atomic E-state index is 12.9. The van der Waals surface area contributed by atoms with Crippen molar-refractivity contribution < 1.29 is 23.7 Å². The zero-order chi connectivity index (χ0) is 22.2. The van der Waals surface area contributed by atoms with Gasteiger partial charge < -0.3 is 18.9 Å². The summed E-state index contributed by atoms with van der Waals surface area (Å²) in [7, 11) is 0. The van der Waals surface area contributed by atoms with Crippen LogP contribution in [-0.2, 0) is 18.0 Å². The first-order valence-corrected chi connectivity index (χ1v) is 10.7. The maximum absolute atomic E-state index is 12.9. The lowest BCUT2D eigenvalue weighted by molar-refractivity contribution is -0.0175. The van der Waals surface area contributed by atoms with Gasteiger partial charge in [-0.05, 0) is 54.5 Å². The topological polar surface area (TPSA) is 54.0 Å². The first kappa shape index (κ1) is 20.9. The van der Waals surface area contributed by atoms with Crippen LogP contribution in [-0.4, -0.2) is 12.6 Å². The van der Waals surface area contributed by atoms with Crippen LogP contribution < -0.4 is 14.2 Å². The van der Waals surface area contributed by atoms with E-state index < -0.39 is 0 Å². The van der Waals surface area contributed by atoms with E-state index in [9.17, 15) is 4.79 Å². The number of halogens is 2. The standard InChI is InChI=1S/C25H18Cl2O5/c1-14-5-20(30-12-17-9-19(27)8-16-11-29-13-31-25(16)17)10-21-23(14)24(28)22(32-21)7-15-3-2-4-18(26)6-15/h2-10H,11-13H2,1H3/b22-7-. The summed E-state index contributed by atoms with van der Waals surface area (Å²) >= 11 is 12.3. The Hall–Kier alpha value is -2.99. The Bertz CT molecular complexity index is 1270. The highest BCUT2D eigenvalue weighted by atomic mass is 35.5. The Morgan fingerprint density at radius 3 is 2.81 bits per heavy atom. The van der Waals surface area contributed by atoms with Gasteiger partial charge >= 0.3 is 0 Å². The normalized spacial score (nSPS) is 15.7. The number of hydrogen-bond acceptors (Lipinski definition) is 5. The van der Waals surface area contributed by atoms with E-state index in [4.69, 9.17) is 42.1 Å². The Kier molecular flexibility index (Phi) is 5.55. The number of benzene rings is 3. The monoisotopic (exact) mass is 468 g/mol. The number of ketones is 1. The smallest absolute Gasteiger partial charge is 0.232 e. The Morgan fingerprint density at radius 1 is 1.09 bits per heavy atom. The van der Waals surface area contributed by atoms with E-state index >= 15 is 0 Å². The molecule has 32 heavy (non-hydrogen) atoms. The van der Waals surface area contributed by atoms with Gasteiger partial charge in [-0.25, -0.2) is 0 Å². The fourth-order valence-electron chi connectivity index (χ4n) is 3.83. The summed E-state index contributed by atoms with van der Waals surface area (Å²) in [5.74, 6) is 1.87. The molecule has 0 aromatic heterocycles. The average molecular weight is 469 g/mol. The molecule has 5 rings (SSSR count). The van der Waals surface area contributed by atoms with E-state index in [-0.39, 0.29) is 24.9 Å². The Labute approximate surface area is 195 Å². The lowest BCUT2D eigenvalue weighted by atomic mass is 10.0. The zero-order valence-electron chi connectivity index (χ0n) is 17.1. The van der Waals surface area contributed by atoms with Gasteiger partial charge in [-0.1, -0.05) is 35.3 Å². The molecular formula is C25H18Cl2O5. The number of hydrogen-bond donors (Lipinski definition) is 0. The van der Waals surface area contributed by atoms with Crippen LogP contribution in [0.15, 0.2) is 54.3 Å². The molecule has 0 atom stereocenters. The molecule has 162 valence electrons. The molecule has 0 saturated carbocycles. The minimum atomic E-state index is -0.165. The van der Waals surface area contributed by atoms with Crippen molar-refractivity contribution in [1.29, 1.82) is 0 Å². The fraction of sp³-hybridized carbons (Fsp3) is 0.160. The third-order valence-electron chi connectivity index (χ3n) is 5.24. The van der Waals surface area contributed by atoms with Gasteiger partial charge in [0, 0.05) is 27.2 Å². The van der Waals surface area contributed by atoms with Gasteiger partial charge in [0.2, 0.25) is 5.78 Å². The summed E-state index contributed by atoms with van der Waals surface area (Å²) in [5.41, 5.74) is 3.81. The second kappa shape index (κ2) is 8.51. The first-order valence-electron chi connectivity index (χ1n) is 9.97. The van der Waals surface area contributed by atoms with Crippen LogP contribution in [0, 0.1) is 6.92 Å². The lowest BCUT2D eigenvalue weighted by Crippen LogP contribution is -2.14. The van der Waals surface area contributed by atoms with Crippen LogP contribution in [0.2, 0.25) is 10.0 Å². The van der Waals surface area contributed by atoms with Crippen molar-refractivity contribution in [3.8, 4) is 17.2 Å². The molecule has 3 aromatic carbocycles. The van der Waals surface area contributed by atoms with E-state index in [1.54, 1.807) is 24.3 Å². The average Bonchev–Trinajstić information content (AvgIpc) is 3.07. The molecule has 0 unspecified atom stereocenters. The summed E-state index contributed by atoms with van der Waals surface area (Å²) in [5, 5.41) is 1.18. The fourth-order valence-corrected chi connectivity index (χ4v) is 4.30. The second-order valence-corrected chi connectivity index (χ2v) is 8.43. The molecule has 5 nitrogen and oxygen atoms in total. The molecule has 2 aliphatic rings. The Balaban J connectivity index is 1.39. The quantitative estimate of drug-likeness (QED) is 0.416. The van der Waals surface area contributed by atoms with E-state index in [1.165, 1.54) is 0 Å². The van der Waals surface area contributed by atoms with E-state index in [0.29, 0.717) is 33.7 Å². The van der Waals surface area contributed by atoms with E-state index in [1.807, 2.05) is 37.3 Å². The third-order valence-corrected chi connectivity index (χ3v) is 5.69. The first-order chi connectivity index (χ1) is 15.5. The third kappa shape index (κ3) is 4.07. The molecule has 0 aliphatic carbocycles. The van der Waals surface area contributed by atoms with Gasteiger partial charge in [-0.2, -0.15) is 0 Å². The number of aryl methyl sites for hydroxylation is 1. The van der Waals surface area contributed by atoms with Crippen molar-refractivity contribution in [3.05, 3.63) is 92.2 Å². The number of carbonyl (C=O) groups is 1. The molecule has 0 amide bonds. The SMILES string of the molecule is Cc1cc(OCc2cc(Cl)cc3c2OCOC3)cc2c1C(=O)/C(=C/c1cccc(Cl)c1)O2. The van der Waals surface area contributed by atoms with Gasteiger partial charge in [0.05, 0.1) is 12.2 Å². The number of ether oxygens (including phenoxy) is 4. The summed E-state index contributed by atoms with van der Waals surface area (Å²) in [6, 6.07) is 14.4. The lowest BCUT2D eigenvalue weighted by Gasteiger charge is -2.21. The molecule has 0 radical (unpaired) electrons. The van der Waals surface area contributed by atoms with Crippen LogP contribution in [0.25, 0.3) is 6.08 Å². The van der Waals surface area contributed by atoms with Gasteiger partial charge in [-0.3, -0.25) is 4.79 Å². The highest BCUT2D eigenvalue weighted by molar-refractivity contribution is 6.31. The summed E-state index contributed by atoms with van der Waals surface area (Å²) in [6.07, 6.45) is 1.69. The van der Waals surface area contributed by atoms with E-state index in [2.05, 4.69) is 0 Å². The van der Waals surface area contributed by atoms with Crippen LogP contribution in [0.3, 0.4) is 0 Å². The summed E-state index contributed by atoms with van der Waals surface area (Å²) < 4.78 is 22.9. The van der Waals surface area contributed by atoms with Crippen molar-refractivity contribution in [1.82, 2.24) is 0 Å². The van der Waals surface area contributed by atoms with Crippen LogP contribution in [0.1, 0.15) is 32.6 Å². The maximum Gasteiger partial charge on any atom is 0.232 e. The van der Waals surface area contributed by atoms with Gasteiger partial charge in [0.25, 0.3) is 0 Å². The number of rotatable bonds is 4. The van der Waals surface area contributed by atoms with Crippen LogP contribution in [0.5, 0.6) is 17.2 Å². The van der Waals surface area contributed by atoms with Gasteiger partial charge in [-0.15, -0.1) is 0 Å². The van der Waals surface area contributed by atoms with Crippen molar-refractivity contribution in [3.63, 3.8) is 0 Å². The zero-order valence-corrected chi connectivity index (χ0v) is 18.6. The highest BCUT2D eigenvalue weighted by Crippen LogP contribution is 2.38. The minimum Gasteiger partial charge on any atom is -0.489 e. The Morgan fingerprint density at radius 2 is 1.97 bits per heavy atom. The summed E-state index contributed by atoms with van der Waals surface area (Å²) in [6.45, 7) is 2.74. The molecule has 0 spiro atoms. The van der Waals surface area contributed by atoms with Crippen molar-refractivity contribution >= 4 is 35.1 Å². The molecule has 2 heterocycles. The molecule has 0 bridgehead atoms. The largest absolute Gasteiger partial charge is 0.489 e. The second-order valence-electron chi connectivity index (χ2n) is 7.56. The van der Waals surface area contributed by atoms with E-state index in [0.717, 1.165) is 28.0 Å². The number of carbonyl (C=O) groups excluding carboxylic acids is 1. The molecule has 3 aromatic rings. The van der Waals surface area contributed by atoms with Crippen LogP contribution >= 0.6 is 23.2 Å². The number of allylic oxidation sites excluding steroid dienone is 1. The molecule has 7 heteroatoms. The van der Waals surface area contributed by atoms with Crippen molar-refractivity contribution in [2.24, 2.45) is 0 Å². The summed E-state index contributed by atoms with van der Waals surface area (Å²) in [4.78, 5) is 12.9. The predicted molar refractivity (Wildman–Crippen MR) is 122 cm³/mol. The molecule has 2 aliphatic heterocycles. The van der Waals surface area contributed by atoms with Crippen LogP contribution in [0.4, 0.5) is 0 Å². The molecule has 0 N–H and O–H groups in total. The van der Waals surface area contributed by atoms with Gasteiger partial charge in [0.1, 0.15) is 23.9 Å². The van der Waals surface area contributed by atoms with Gasteiger partial charge in [0.15, 0.2) is 12.6 Å². The predicted octanol–water partition coefficient (Wildman–Crippen LogP) is 6.36. The van der Waals surface area contributed by atoms with Crippen molar-refractivity contribution in [2.45, 2.75) is 20.1 Å². The minimum absolute atomic E-state index is 0.165. The molecule has 0 fully saturated rings. The van der Waals surface area contributed by atoms with Crippen molar-refractivity contribution in [2.75, 3.05) is 6.79 Å². The number of Topliss-reactive ketones (excluding diaryl/α,β-unsaturated/α-hetero) is 1. The molecular weight excluding hydrogens is 451 g/mol. The highest BCUT2D eigenvalue weighted by Gasteiger charge is 2.30. The number of fused-ring (bicyclic) bond motifs is 2.